The van der Waals surface area contributed by atoms with Gasteiger partial charge in [0.05, 0.1) is 18.0 Å². The van der Waals surface area contributed by atoms with Crippen LogP contribution in [-0.2, 0) is 16.4 Å². The highest BCUT2D eigenvalue weighted by Gasteiger charge is 2.31. The Hall–Kier alpha value is -3.53. The van der Waals surface area contributed by atoms with Gasteiger partial charge in [0.1, 0.15) is 27.5 Å². The Kier molecular flexibility index (Phi) is 4.19. The number of rotatable bonds is 3. The molecule has 2 aromatic heterocycles. The first-order chi connectivity index (χ1) is 13.4. The molecule has 1 aliphatic heterocycles. The normalized spacial score (nSPS) is 14.6. The molecule has 1 aromatic carbocycles. The number of sulfone groups is 1. The number of phenolic OH excluding ortho intramolecular Hbond substituents is 2. The number of aliphatic imine (C=N–C) groups is 1. The number of hydrogen-bond acceptors (Lipinski definition) is 8. The van der Waals surface area contributed by atoms with E-state index in [2.05, 4.69) is 20.3 Å². The highest BCUT2D eigenvalue weighted by atomic mass is 32.2. The van der Waals surface area contributed by atoms with E-state index in [-0.39, 0.29) is 34.6 Å². The molecule has 0 unspecified atom stereocenters. The summed E-state index contributed by atoms with van der Waals surface area (Å²) in [5, 5.41) is 23.6. The van der Waals surface area contributed by atoms with Gasteiger partial charge in [-0.2, -0.15) is 0 Å². The zero-order valence-corrected chi connectivity index (χ0v) is 15.1. The molecule has 0 saturated carbocycles. The number of carbonyl (C=O) groups is 1. The Bertz CT molecular complexity index is 1240. The maximum Gasteiger partial charge on any atom is 0.270 e. The first-order valence-corrected chi connectivity index (χ1v) is 9.86. The summed E-state index contributed by atoms with van der Waals surface area (Å²) in [6.07, 6.45) is 2.74. The average molecular weight is 398 g/mol. The molecule has 0 bridgehead atoms. The zero-order valence-electron chi connectivity index (χ0n) is 14.3. The van der Waals surface area contributed by atoms with Crippen molar-refractivity contribution < 1.29 is 23.4 Å². The molecule has 0 saturated heterocycles. The minimum atomic E-state index is -3.83. The lowest BCUT2D eigenvalue weighted by Crippen LogP contribution is -2.24. The number of fused-ring (bicyclic) bond motifs is 2. The van der Waals surface area contributed by atoms with Crippen LogP contribution >= 0.6 is 0 Å². The Morgan fingerprint density at radius 1 is 1.14 bits per heavy atom. The van der Waals surface area contributed by atoms with Crippen LogP contribution in [0.2, 0.25) is 0 Å². The average Bonchev–Trinajstić information content (AvgIpc) is 2.69. The number of aromatic hydroxyl groups is 2. The zero-order chi connectivity index (χ0) is 19.9. The summed E-state index contributed by atoms with van der Waals surface area (Å²) in [5.41, 5.74) is 0.247. The number of amides is 1. The van der Waals surface area contributed by atoms with Gasteiger partial charge in [-0.1, -0.05) is 6.07 Å². The Balaban J connectivity index is 1.75. The summed E-state index contributed by atoms with van der Waals surface area (Å²) in [6.45, 7) is 0.184. The number of phenols is 2. The SMILES string of the molecule is O=C(NCc1ccccn1)c1ccc2c(O)c3c(c(O)c2n1)N=CCS3(=O)=O. The van der Waals surface area contributed by atoms with Crippen molar-refractivity contribution in [2.24, 2.45) is 4.99 Å². The number of nitrogens with one attached hydrogen (secondary N) is 1. The summed E-state index contributed by atoms with van der Waals surface area (Å²) in [5.74, 6) is -1.95. The molecule has 1 amide bonds. The van der Waals surface area contributed by atoms with Crippen molar-refractivity contribution >= 4 is 38.5 Å². The fourth-order valence-corrected chi connectivity index (χ4v) is 4.19. The number of hydrogen-bond donors (Lipinski definition) is 3. The summed E-state index contributed by atoms with van der Waals surface area (Å²) >= 11 is 0. The number of nitrogens with zero attached hydrogens (tertiary/aromatic N) is 3. The number of pyridine rings is 2. The number of benzene rings is 1. The van der Waals surface area contributed by atoms with Crippen LogP contribution in [0, 0.1) is 0 Å². The lowest BCUT2D eigenvalue weighted by molar-refractivity contribution is 0.0945. The van der Waals surface area contributed by atoms with Crippen LogP contribution in [0.15, 0.2) is 46.4 Å². The largest absolute Gasteiger partial charge is 0.506 e. The fourth-order valence-electron chi connectivity index (χ4n) is 2.90. The highest BCUT2D eigenvalue weighted by molar-refractivity contribution is 7.92. The van der Waals surface area contributed by atoms with Crippen molar-refractivity contribution in [2.75, 3.05) is 5.75 Å². The Labute approximate surface area is 159 Å². The molecule has 3 aromatic rings. The van der Waals surface area contributed by atoms with Gasteiger partial charge in [0.25, 0.3) is 5.91 Å². The second kappa shape index (κ2) is 6.57. The lowest BCUT2D eigenvalue weighted by atomic mass is 10.1. The molecule has 142 valence electrons. The van der Waals surface area contributed by atoms with E-state index in [1.807, 2.05) is 0 Å². The Morgan fingerprint density at radius 2 is 1.96 bits per heavy atom. The fraction of sp³-hybridized carbons (Fsp3) is 0.111. The van der Waals surface area contributed by atoms with Crippen molar-refractivity contribution in [3.63, 3.8) is 0 Å². The minimum absolute atomic E-state index is 0.0122. The van der Waals surface area contributed by atoms with Crippen LogP contribution in [0.4, 0.5) is 5.69 Å². The van der Waals surface area contributed by atoms with Gasteiger partial charge in [-0.25, -0.2) is 13.4 Å². The van der Waals surface area contributed by atoms with E-state index in [0.29, 0.717) is 5.69 Å². The van der Waals surface area contributed by atoms with Gasteiger partial charge in [-0.15, -0.1) is 0 Å². The standard InChI is InChI=1S/C18H14N4O5S/c23-15-11-4-5-12(18(25)21-9-10-3-1-2-6-19-10)22-13(11)16(24)14-17(15)28(26,27)8-7-20-14/h1-7,23-24H,8-9H2,(H,21,25). The van der Waals surface area contributed by atoms with Gasteiger partial charge >= 0.3 is 0 Å². The van der Waals surface area contributed by atoms with Crippen molar-refractivity contribution in [2.45, 2.75) is 11.4 Å². The first kappa shape index (κ1) is 17.9. The van der Waals surface area contributed by atoms with Crippen LogP contribution in [-0.4, -0.2) is 46.5 Å². The maximum atomic E-state index is 12.4. The van der Waals surface area contributed by atoms with E-state index >= 15 is 0 Å². The second-order valence-corrected chi connectivity index (χ2v) is 8.04. The summed E-state index contributed by atoms with van der Waals surface area (Å²) < 4.78 is 24.5. The van der Waals surface area contributed by atoms with E-state index in [4.69, 9.17) is 0 Å². The first-order valence-electron chi connectivity index (χ1n) is 8.20. The third-order valence-corrected chi connectivity index (χ3v) is 5.84. The molecule has 1 aliphatic rings. The number of aromatic nitrogens is 2. The molecule has 0 spiro atoms. The quantitative estimate of drug-likeness (QED) is 0.567. The maximum absolute atomic E-state index is 12.4. The molecule has 9 nitrogen and oxygen atoms in total. The van der Waals surface area contributed by atoms with Crippen molar-refractivity contribution in [3.8, 4) is 11.5 Å². The van der Waals surface area contributed by atoms with Gasteiger partial charge in [-0.05, 0) is 24.3 Å². The van der Waals surface area contributed by atoms with Gasteiger partial charge < -0.3 is 15.5 Å². The van der Waals surface area contributed by atoms with Crippen LogP contribution < -0.4 is 5.32 Å². The van der Waals surface area contributed by atoms with Crippen LogP contribution in [0.1, 0.15) is 16.2 Å². The predicted molar refractivity (Wildman–Crippen MR) is 101 cm³/mol. The third-order valence-electron chi connectivity index (χ3n) is 4.24. The van der Waals surface area contributed by atoms with Gasteiger partial charge in [0.2, 0.25) is 0 Å². The van der Waals surface area contributed by atoms with Crippen LogP contribution in [0.25, 0.3) is 10.9 Å². The monoisotopic (exact) mass is 398 g/mol. The highest BCUT2D eigenvalue weighted by Crippen LogP contribution is 2.47. The van der Waals surface area contributed by atoms with Gasteiger partial charge in [0.15, 0.2) is 15.6 Å². The smallest absolute Gasteiger partial charge is 0.270 e. The predicted octanol–water partition coefficient (Wildman–Crippen LogP) is 1.46. The van der Waals surface area contributed by atoms with Crippen molar-refractivity contribution in [1.29, 1.82) is 0 Å². The van der Waals surface area contributed by atoms with Crippen LogP contribution in [0.5, 0.6) is 11.5 Å². The summed E-state index contributed by atoms with van der Waals surface area (Å²) in [6, 6.07) is 7.97. The van der Waals surface area contributed by atoms with Crippen LogP contribution in [0.3, 0.4) is 0 Å². The van der Waals surface area contributed by atoms with E-state index in [1.54, 1.807) is 24.4 Å². The van der Waals surface area contributed by atoms with Crippen molar-refractivity contribution in [3.05, 3.63) is 47.9 Å². The Morgan fingerprint density at radius 3 is 2.71 bits per heavy atom. The lowest BCUT2D eigenvalue weighted by Gasteiger charge is -2.16. The van der Waals surface area contributed by atoms with E-state index in [0.717, 1.165) is 6.21 Å². The molecule has 3 heterocycles. The minimum Gasteiger partial charge on any atom is -0.506 e. The topological polar surface area (TPSA) is 142 Å². The molecule has 3 N–H and O–H groups in total. The molecule has 0 radical (unpaired) electrons. The third kappa shape index (κ3) is 2.93. The second-order valence-electron chi connectivity index (χ2n) is 6.06. The number of carbonyl (C=O) groups excluding carboxylic acids is 1. The molecular weight excluding hydrogens is 384 g/mol. The van der Waals surface area contributed by atoms with E-state index in [1.165, 1.54) is 12.1 Å². The van der Waals surface area contributed by atoms with Gasteiger partial charge in [0, 0.05) is 17.8 Å². The molecule has 0 aliphatic carbocycles. The molecule has 0 atom stereocenters. The van der Waals surface area contributed by atoms with E-state index in [9.17, 15) is 23.4 Å². The van der Waals surface area contributed by atoms with Gasteiger partial charge in [-0.3, -0.25) is 14.8 Å². The molecule has 0 fully saturated rings. The molecule has 10 heteroatoms. The molecular formula is C18H14N4O5S. The van der Waals surface area contributed by atoms with E-state index < -0.39 is 32.1 Å². The molecule has 4 rings (SSSR count). The summed E-state index contributed by atoms with van der Waals surface area (Å²) in [4.78, 5) is 24.0. The summed E-state index contributed by atoms with van der Waals surface area (Å²) in [7, 11) is -3.83. The van der Waals surface area contributed by atoms with Crippen molar-refractivity contribution in [1.82, 2.24) is 15.3 Å². The molecule has 28 heavy (non-hydrogen) atoms.